The lowest BCUT2D eigenvalue weighted by atomic mass is 10.2. The second kappa shape index (κ2) is 7.88. The summed E-state index contributed by atoms with van der Waals surface area (Å²) >= 11 is 0.867. The Morgan fingerprint density at radius 3 is 2.26 bits per heavy atom. The van der Waals surface area contributed by atoms with Crippen LogP contribution >= 0.6 is 11.8 Å². The number of rotatable bonds is 4. The summed E-state index contributed by atoms with van der Waals surface area (Å²) in [6, 6.07) is -0.942. The van der Waals surface area contributed by atoms with Crippen molar-refractivity contribution in [2.24, 2.45) is 0 Å². The minimum absolute atomic E-state index is 0.0611. The third-order valence-electron chi connectivity index (χ3n) is 1.76. The van der Waals surface area contributed by atoms with Crippen LogP contribution in [0.15, 0.2) is 0 Å². The number of methoxy groups -OCH3 is 1. The van der Waals surface area contributed by atoms with Gasteiger partial charge in [0.05, 0.1) is 7.11 Å². The molecule has 0 aliphatic heterocycles. The molecule has 19 heavy (non-hydrogen) atoms. The summed E-state index contributed by atoms with van der Waals surface area (Å²) in [4.78, 5) is 34.1. The van der Waals surface area contributed by atoms with Gasteiger partial charge in [0.25, 0.3) is 5.24 Å². The van der Waals surface area contributed by atoms with Gasteiger partial charge in [0, 0.05) is 12.8 Å². The molecule has 0 bridgehead atoms. The van der Waals surface area contributed by atoms with Crippen molar-refractivity contribution in [1.29, 1.82) is 0 Å². The molecule has 8 heteroatoms. The summed E-state index contributed by atoms with van der Waals surface area (Å²) in [5, 5.41) is 4.46. The van der Waals surface area contributed by atoms with Gasteiger partial charge in [-0.2, -0.15) is 0 Å². The van der Waals surface area contributed by atoms with Crippen molar-refractivity contribution in [3.63, 3.8) is 0 Å². The molecule has 1 unspecified atom stereocenters. The normalized spacial score (nSPS) is 12.3. The zero-order valence-corrected chi connectivity index (χ0v) is 12.6. The first-order valence-electron chi connectivity index (χ1n) is 5.61. The van der Waals surface area contributed by atoms with Gasteiger partial charge in [-0.25, -0.2) is 9.59 Å². The van der Waals surface area contributed by atoms with Crippen LogP contribution in [-0.2, 0) is 14.3 Å². The molecule has 0 aromatic rings. The minimum atomic E-state index is -0.942. The van der Waals surface area contributed by atoms with Crippen LogP contribution in [0.3, 0.4) is 0 Å². The van der Waals surface area contributed by atoms with Gasteiger partial charge in [0.15, 0.2) is 0 Å². The van der Waals surface area contributed by atoms with E-state index >= 15 is 0 Å². The Kier molecular flexibility index (Phi) is 7.28. The quantitative estimate of drug-likeness (QED) is 0.754. The highest BCUT2D eigenvalue weighted by molar-refractivity contribution is 8.13. The zero-order valence-electron chi connectivity index (χ0n) is 11.7. The highest BCUT2D eigenvalue weighted by Gasteiger charge is 2.25. The Morgan fingerprint density at radius 1 is 1.26 bits per heavy atom. The molecule has 0 radical (unpaired) electrons. The average molecular weight is 292 g/mol. The van der Waals surface area contributed by atoms with E-state index in [2.05, 4.69) is 15.4 Å². The molecule has 0 aliphatic rings. The van der Waals surface area contributed by atoms with Crippen molar-refractivity contribution < 1.29 is 23.9 Å². The van der Waals surface area contributed by atoms with E-state index in [9.17, 15) is 14.4 Å². The highest BCUT2D eigenvalue weighted by Crippen LogP contribution is 2.09. The fourth-order valence-corrected chi connectivity index (χ4v) is 1.67. The molecule has 7 nitrogen and oxygen atoms in total. The standard InChI is InChI=1S/C11H20N2O5S/c1-11(2,3)18-9(15)13-7(8(14)17-5)6-19-10(16)12-4/h7H,6H2,1-5H3,(H,12,16)(H,13,15). The van der Waals surface area contributed by atoms with Crippen LogP contribution in [0.25, 0.3) is 0 Å². The number of thioether (sulfide) groups is 1. The van der Waals surface area contributed by atoms with E-state index < -0.39 is 23.7 Å². The Labute approximate surface area is 116 Å². The van der Waals surface area contributed by atoms with Gasteiger partial charge in [-0.15, -0.1) is 0 Å². The molecule has 0 saturated heterocycles. The second-order valence-corrected chi connectivity index (χ2v) is 5.56. The predicted octanol–water partition coefficient (Wildman–Crippen LogP) is 1.13. The lowest BCUT2D eigenvalue weighted by molar-refractivity contribution is -0.142. The van der Waals surface area contributed by atoms with Gasteiger partial charge in [0.2, 0.25) is 0 Å². The first kappa shape index (κ1) is 17.6. The maximum atomic E-state index is 11.6. The molecule has 0 aromatic heterocycles. The second-order valence-electron chi connectivity index (χ2n) is 4.57. The monoisotopic (exact) mass is 292 g/mol. The lowest BCUT2D eigenvalue weighted by Gasteiger charge is -2.22. The number of hydrogen-bond acceptors (Lipinski definition) is 6. The molecular formula is C11H20N2O5S. The van der Waals surface area contributed by atoms with Crippen LogP contribution in [0, 0.1) is 0 Å². The van der Waals surface area contributed by atoms with E-state index in [1.54, 1.807) is 20.8 Å². The SMILES string of the molecule is CNC(=O)SCC(NC(=O)OC(C)(C)C)C(=O)OC. The van der Waals surface area contributed by atoms with E-state index in [1.807, 2.05) is 0 Å². The first-order valence-corrected chi connectivity index (χ1v) is 6.60. The molecule has 0 rings (SSSR count). The van der Waals surface area contributed by atoms with Gasteiger partial charge >= 0.3 is 12.1 Å². The van der Waals surface area contributed by atoms with Crippen LogP contribution in [0.2, 0.25) is 0 Å². The maximum absolute atomic E-state index is 11.6. The largest absolute Gasteiger partial charge is 0.467 e. The molecule has 0 spiro atoms. The van der Waals surface area contributed by atoms with Crippen molar-refractivity contribution in [2.45, 2.75) is 32.4 Å². The lowest BCUT2D eigenvalue weighted by Crippen LogP contribution is -2.45. The summed E-state index contributed by atoms with van der Waals surface area (Å²) in [7, 11) is 2.68. The maximum Gasteiger partial charge on any atom is 0.408 e. The van der Waals surface area contributed by atoms with Crippen molar-refractivity contribution in [2.75, 3.05) is 19.9 Å². The molecule has 0 heterocycles. The molecular weight excluding hydrogens is 272 g/mol. The van der Waals surface area contributed by atoms with Crippen molar-refractivity contribution in [1.82, 2.24) is 10.6 Å². The number of amides is 2. The minimum Gasteiger partial charge on any atom is -0.467 e. The fourth-order valence-electron chi connectivity index (χ4n) is 0.992. The molecule has 0 saturated carbocycles. The summed E-state index contributed by atoms with van der Waals surface area (Å²) < 4.78 is 9.58. The van der Waals surface area contributed by atoms with Crippen LogP contribution in [0.1, 0.15) is 20.8 Å². The molecule has 110 valence electrons. The van der Waals surface area contributed by atoms with Crippen molar-refractivity contribution in [3.05, 3.63) is 0 Å². The van der Waals surface area contributed by atoms with Gasteiger partial charge in [-0.3, -0.25) is 4.79 Å². The molecule has 1 atom stereocenters. The number of carbonyl (C=O) groups is 3. The summed E-state index contributed by atoms with van der Waals surface area (Å²) in [6.45, 7) is 5.12. The number of nitrogens with one attached hydrogen (secondary N) is 2. The summed E-state index contributed by atoms with van der Waals surface area (Å²) in [5.41, 5.74) is -0.668. The highest BCUT2D eigenvalue weighted by atomic mass is 32.2. The number of esters is 1. The van der Waals surface area contributed by atoms with Crippen LogP contribution < -0.4 is 10.6 Å². The van der Waals surface area contributed by atoms with Crippen LogP contribution in [-0.4, -0.2) is 48.9 Å². The third kappa shape index (κ3) is 8.30. The van der Waals surface area contributed by atoms with E-state index in [0.717, 1.165) is 11.8 Å². The third-order valence-corrected chi connectivity index (χ3v) is 2.73. The molecule has 0 aromatic carbocycles. The van der Waals surface area contributed by atoms with Gasteiger partial charge in [-0.1, -0.05) is 11.8 Å². The van der Waals surface area contributed by atoms with E-state index in [-0.39, 0.29) is 11.0 Å². The van der Waals surface area contributed by atoms with Gasteiger partial charge in [0.1, 0.15) is 11.6 Å². The van der Waals surface area contributed by atoms with Crippen molar-refractivity contribution in [3.8, 4) is 0 Å². The topological polar surface area (TPSA) is 93.7 Å². The number of ether oxygens (including phenoxy) is 2. The predicted molar refractivity (Wildman–Crippen MR) is 72.1 cm³/mol. The number of carbonyl (C=O) groups excluding carboxylic acids is 3. The Balaban J connectivity index is 4.47. The molecule has 2 amide bonds. The van der Waals surface area contributed by atoms with E-state index in [0.29, 0.717) is 0 Å². The Bertz CT molecular complexity index is 340. The summed E-state index contributed by atoms with van der Waals surface area (Å²) in [5.74, 6) is -0.576. The van der Waals surface area contributed by atoms with Gasteiger partial charge in [-0.05, 0) is 20.8 Å². The molecule has 2 N–H and O–H groups in total. The average Bonchev–Trinajstić information content (AvgIpc) is 2.30. The van der Waals surface area contributed by atoms with Crippen molar-refractivity contribution >= 4 is 29.1 Å². The Morgan fingerprint density at radius 2 is 1.84 bits per heavy atom. The fraction of sp³-hybridized carbons (Fsp3) is 0.727. The number of hydrogen-bond donors (Lipinski definition) is 2. The van der Waals surface area contributed by atoms with Crippen LogP contribution in [0.5, 0.6) is 0 Å². The van der Waals surface area contributed by atoms with E-state index in [4.69, 9.17) is 4.74 Å². The first-order chi connectivity index (χ1) is 8.69. The summed E-state index contributed by atoms with van der Waals surface area (Å²) in [6.07, 6.45) is -0.736. The van der Waals surface area contributed by atoms with Crippen LogP contribution in [0.4, 0.5) is 9.59 Å². The van der Waals surface area contributed by atoms with Gasteiger partial charge < -0.3 is 20.1 Å². The smallest absolute Gasteiger partial charge is 0.408 e. The number of alkyl carbamates (subject to hydrolysis) is 1. The molecule has 0 fully saturated rings. The Hall–Kier alpha value is -1.44. The zero-order chi connectivity index (χ0) is 15.1. The van der Waals surface area contributed by atoms with E-state index in [1.165, 1.54) is 14.2 Å². The molecule has 0 aliphatic carbocycles.